The first-order valence-corrected chi connectivity index (χ1v) is 8.16. The summed E-state index contributed by atoms with van der Waals surface area (Å²) in [5.41, 5.74) is -0.433. The van der Waals surface area contributed by atoms with Crippen LogP contribution in [0.15, 0.2) is 0 Å². The van der Waals surface area contributed by atoms with E-state index in [1.807, 2.05) is 0 Å². The zero-order valence-electron chi connectivity index (χ0n) is 13.7. The number of ether oxygens (including phenoxy) is 2. The van der Waals surface area contributed by atoms with Gasteiger partial charge in [-0.05, 0) is 51.6 Å². The summed E-state index contributed by atoms with van der Waals surface area (Å²) in [4.78, 5) is 14.7. The molecule has 0 bridgehead atoms. The SMILES string of the molecule is COCCN(C)CCC1CCCC1(NC1CC1)C(=O)OC. The van der Waals surface area contributed by atoms with Crippen molar-refractivity contribution in [2.24, 2.45) is 5.92 Å². The summed E-state index contributed by atoms with van der Waals surface area (Å²) < 4.78 is 10.2. The van der Waals surface area contributed by atoms with Crippen molar-refractivity contribution < 1.29 is 14.3 Å². The van der Waals surface area contributed by atoms with E-state index in [1.165, 1.54) is 20.0 Å². The number of esters is 1. The lowest BCUT2D eigenvalue weighted by Crippen LogP contribution is -2.56. The van der Waals surface area contributed by atoms with E-state index in [1.54, 1.807) is 7.11 Å². The van der Waals surface area contributed by atoms with Crippen molar-refractivity contribution in [1.82, 2.24) is 10.2 Å². The van der Waals surface area contributed by atoms with Crippen LogP contribution in [0.5, 0.6) is 0 Å². The molecule has 2 atom stereocenters. The molecule has 122 valence electrons. The molecule has 1 N–H and O–H groups in total. The van der Waals surface area contributed by atoms with E-state index in [0.29, 0.717) is 12.0 Å². The van der Waals surface area contributed by atoms with Gasteiger partial charge in [0.2, 0.25) is 0 Å². The standard InChI is InChI=1S/C16H30N2O3/c1-18(11-12-20-2)10-8-13-5-4-9-16(13,15(19)21-3)17-14-6-7-14/h13-14,17H,4-12H2,1-3H3. The Hall–Kier alpha value is -0.650. The molecule has 0 aromatic carbocycles. The maximum Gasteiger partial charge on any atom is 0.326 e. The van der Waals surface area contributed by atoms with E-state index in [0.717, 1.165) is 45.4 Å². The van der Waals surface area contributed by atoms with Gasteiger partial charge in [0.25, 0.3) is 0 Å². The monoisotopic (exact) mass is 298 g/mol. The molecule has 2 unspecified atom stereocenters. The lowest BCUT2D eigenvalue weighted by molar-refractivity contribution is -0.150. The average Bonchev–Trinajstić information content (AvgIpc) is 3.20. The third-order valence-electron chi connectivity index (χ3n) is 4.95. The number of rotatable bonds is 9. The van der Waals surface area contributed by atoms with Gasteiger partial charge in [-0.15, -0.1) is 0 Å². The van der Waals surface area contributed by atoms with Crippen molar-refractivity contribution in [3.63, 3.8) is 0 Å². The van der Waals surface area contributed by atoms with E-state index in [9.17, 15) is 4.79 Å². The van der Waals surface area contributed by atoms with Crippen LogP contribution >= 0.6 is 0 Å². The number of hydrogen-bond donors (Lipinski definition) is 1. The van der Waals surface area contributed by atoms with Crippen LogP contribution < -0.4 is 5.32 Å². The molecule has 5 nitrogen and oxygen atoms in total. The molecule has 0 aromatic rings. The number of methoxy groups -OCH3 is 2. The first-order chi connectivity index (χ1) is 10.1. The Balaban J connectivity index is 1.93. The van der Waals surface area contributed by atoms with E-state index in [4.69, 9.17) is 9.47 Å². The minimum absolute atomic E-state index is 0.0588. The fraction of sp³-hybridized carbons (Fsp3) is 0.938. The highest BCUT2D eigenvalue weighted by Gasteiger charge is 2.51. The summed E-state index contributed by atoms with van der Waals surface area (Å²) in [6.45, 7) is 2.69. The maximum absolute atomic E-state index is 12.4. The Morgan fingerprint density at radius 1 is 1.29 bits per heavy atom. The second-order valence-electron chi connectivity index (χ2n) is 6.56. The van der Waals surface area contributed by atoms with Gasteiger partial charge in [-0.25, -0.2) is 0 Å². The molecule has 0 spiro atoms. The summed E-state index contributed by atoms with van der Waals surface area (Å²) in [5, 5.41) is 3.62. The molecule has 0 saturated heterocycles. The zero-order chi connectivity index (χ0) is 15.3. The van der Waals surface area contributed by atoms with Gasteiger partial charge in [0.05, 0.1) is 13.7 Å². The minimum Gasteiger partial charge on any atom is -0.468 e. The average molecular weight is 298 g/mol. The Labute approximate surface area is 128 Å². The zero-order valence-corrected chi connectivity index (χ0v) is 13.7. The molecular weight excluding hydrogens is 268 g/mol. The van der Waals surface area contributed by atoms with Gasteiger partial charge >= 0.3 is 5.97 Å². The van der Waals surface area contributed by atoms with Gasteiger partial charge in [-0.3, -0.25) is 10.1 Å². The smallest absolute Gasteiger partial charge is 0.326 e. The van der Waals surface area contributed by atoms with Crippen molar-refractivity contribution >= 4 is 5.97 Å². The van der Waals surface area contributed by atoms with Gasteiger partial charge in [0, 0.05) is 19.7 Å². The van der Waals surface area contributed by atoms with Gasteiger partial charge in [-0.2, -0.15) is 0 Å². The summed E-state index contributed by atoms with van der Waals surface area (Å²) in [6, 6.07) is 0.524. The normalized spacial score (nSPS) is 29.0. The quantitative estimate of drug-likeness (QED) is 0.652. The molecular formula is C16H30N2O3. The predicted molar refractivity (Wildman–Crippen MR) is 82.2 cm³/mol. The van der Waals surface area contributed by atoms with Crippen molar-refractivity contribution in [3.8, 4) is 0 Å². The number of carbonyl (C=O) groups is 1. The number of nitrogens with zero attached hydrogens (tertiary/aromatic N) is 1. The van der Waals surface area contributed by atoms with E-state index in [-0.39, 0.29) is 5.97 Å². The van der Waals surface area contributed by atoms with Gasteiger partial charge in [0.1, 0.15) is 5.54 Å². The number of hydrogen-bond acceptors (Lipinski definition) is 5. The molecule has 2 rings (SSSR count). The Morgan fingerprint density at radius 2 is 2.05 bits per heavy atom. The van der Waals surface area contributed by atoms with Crippen molar-refractivity contribution in [1.29, 1.82) is 0 Å². The number of nitrogens with one attached hydrogen (secondary N) is 1. The molecule has 5 heteroatoms. The van der Waals surface area contributed by atoms with Crippen LogP contribution in [0.25, 0.3) is 0 Å². The van der Waals surface area contributed by atoms with Crippen LogP contribution in [0.2, 0.25) is 0 Å². The lowest BCUT2D eigenvalue weighted by Gasteiger charge is -2.35. The first-order valence-electron chi connectivity index (χ1n) is 8.16. The fourth-order valence-electron chi connectivity index (χ4n) is 3.50. The van der Waals surface area contributed by atoms with Crippen molar-refractivity contribution in [2.75, 3.05) is 41.0 Å². The third-order valence-corrected chi connectivity index (χ3v) is 4.95. The van der Waals surface area contributed by atoms with Gasteiger partial charge in [-0.1, -0.05) is 6.42 Å². The summed E-state index contributed by atoms with van der Waals surface area (Å²) >= 11 is 0. The van der Waals surface area contributed by atoms with Crippen LogP contribution in [0.3, 0.4) is 0 Å². The molecule has 0 heterocycles. The highest BCUT2D eigenvalue weighted by molar-refractivity contribution is 5.81. The van der Waals surface area contributed by atoms with Crippen molar-refractivity contribution in [3.05, 3.63) is 0 Å². The van der Waals surface area contributed by atoms with Crippen LogP contribution in [-0.2, 0) is 14.3 Å². The summed E-state index contributed by atoms with van der Waals surface area (Å²) in [6.07, 6.45) is 6.57. The molecule has 2 aliphatic carbocycles. The van der Waals surface area contributed by atoms with E-state index >= 15 is 0 Å². The molecule has 0 radical (unpaired) electrons. The topological polar surface area (TPSA) is 50.8 Å². The van der Waals surface area contributed by atoms with Gasteiger partial charge in [0.15, 0.2) is 0 Å². The van der Waals surface area contributed by atoms with Crippen LogP contribution in [0.4, 0.5) is 0 Å². The molecule has 2 fully saturated rings. The molecule has 2 aliphatic rings. The van der Waals surface area contributed by atoms with Crippen LogP contribution in [-0.4, -0.2) is 63.4 Å². The molecule has 0 amide bonds. The second-order valence-corrected chi connectivity index (χ2v) is 6.56. The first kappa shape index (κ1) is 16.7. The molecule has 0 aliphatic heterocycles. The largest absolute Gasteiger partial charge is 0.468 e. The second kappa shape index (κ2) is 7.56. The fourth-order valence-corrected chi connectivity index (χ4v) is 3.50. The predicted octanol–water partition coefficient (Wildman–Crippen LogP) is 1.42. The maximum atomic E-state index is 12.4. The van der Waals surface area contributed by atoms with E-state index in [2.05, 4.69) is 17.3 Å². The van der Waals surface area contributed by atoms with Gasteiger partial charge < -0.3 is 14.4 Å². The number of likely N-dealkylation sites (N-methyl/N-ethyl adjacent to an activating group) is 1. The summed E-state index contributed by atoms with van der Waals surface area (Å²) in [5.74, 6) is 0.326. The molecule has 2 saturated carbocycles. The van der Waals surface area contributed by atoms with Crippen LogP contribution in [0, 0.1) is 5.92 Å². The lowest BCUT2D eigenvalue weighted by atomic mass is 9.84. The Bertz CT molecular complexity index is 346. The van der Waals surface area contributed by atoms with E-state index < -0.39 is 5.54 Å². The Kier molecular flexibility index (Phi) is 6.02. The Morgan fingerprint density at radius 3 is 2.67 bits per heavy atom. The molecule has 21 heavy (non-hydrogen) atoms. The summed E-state index contributed by atoms with van der Waals surface area (Å²) in [7, 11) is 5.35. The highest BCUT2D eigenvalue weighted by Crippen LogP contribution is 2.41. The third kappa shape index (κ3) is 4.18. The minimum atomic E-state index is -0.433. The van der Waals surface area contributed by atoms with Crippen molar-refractivity contribution in [2.45, 2.75) is 50.1 Å². The number of carbonyl (C=O) groups excluding carboxylic acids is 1. The highest BCUT2D eigenvalue weighted by atomic mass is 16.5. The molecule has 0 aromatic heterocycles. The van der Waals surface area contributed by atoms with Crippen LogP contribution in [0.1, 0.15) is 38.5 Å².